The van der Waals surface area contributed by atoms with Gasteiger partial charge >= 0.3 is 6.03 Å². The Morgan fingerprint density at radius 1 is 0.931 bits per heavy atom. The van der Waals surface area contributed by atoms with Gasteiger partial charge in [0.2, 0.25) is 0 Å². The zero-order chi connectivity index (χ0) is 20.6. The van der Waals surface area contributed by atoms with E-state index >= 15 is 0 Å². The van der Waals surface area contributed by atoms with Crippen LogP contribution in [0.2, 0.25) is 0 Å². The van der Waals surface area contributed by atoms with Crippen LogP contribution < -0.4 is 15.4 Å². The number of nitrogens with one attached hydrogen (secondary N) is 2. The summed E-state index contributed by atoms with van der Waals surface area (Å²) in [6.07, 6.45) is 0. The van der Waals surface area contributed by atoms with Gasteiger partial charge in [-0.15, -0.1) is 0 Å². The summed E-state index contributed by atoms with van der Waals surface area (Å²) < 4.78 is 5.31. The van der Waals surface area contributed by atoms with E-state index in [1.807, 2.05) is 80.8 Å². The highest BCUT2D eigenvalue weighted by atomic mass is 16.5. The number of ether oxygens (including phenoxy) is 1. The van der Waals surface area contributed by atoms with Crippen LogP contribution in [-0.4, -0.2) is 38.7 Å². The lowest BCUT2D eigenvalue weighted by Gasteiger charge is -2.25. The van der Waals surface area contributed by atoms with Crippen LogP contribution >= 0.6 is 0 Å². The van der Waals surface area contributed by atoms with E-state index in [0.717, 1.165) is 28.1 Å². The van der Waals surface area contributed by atoms with E-state index in [1.165, 1.54) is 0 Å². The summed E-state index contributed by atoms with van der Waals surface area (Å²) in [5.41, 5.74) is 4.10. The van der Waals surface area contributed by atoms with Crippen molar-refractivity contribution < 1.29 is 9.53 Å². The number of amides is 2. The maximum atomic E-state index is 12.4. The molecule has 1 atom stereocenters. The molecule has 0 bridgehead atoms. The number of benzene rings is 3. The number of urea groups is 1. The second-order valence-electron chi connectivity index (χ2n) is 7.03. The molecule has 2 N–H and O–H groups in total. The number of nitrogens with zero attached hydrogens (tertiary/aromatic N) is 1. The van der Waals surface area contributed by atoms with Gasteiger partial charge in [-0.05, 0) is 55.1 Å². The SMILES string of the molecule is COc1cccc(C(CNC(=O)Nc2ccc(-c3ccccc3)cc2)N(C)C)c1. The summed E-state index contributed by atoms with van der Waals surface area (Å²) in [5, 5.41) is 5.86. The lowest BCUT2D eigenvalue weighted by Crippen LogP contribution is -2.36. The second kappa shape index (κ2) is 9.75. The van der Waals surface area contributed by atoms with E-state index in [-0.39, 0.29) is 12.1 Å². The molecule has 2 amide bonds. The Hall–Kier alpha value is -3.31. The molecule has 3 aromatic carbocycles. The predicted octanol–water partition coefficient (Wildman–Crippen LogP) is 4.79. The molecule has 0 saturated heterocycles. The number of rotatable bonds is 7. The van der Waals surface area contributed by atoms with Crippen molar-refractivity contribution in [2.75, 3.05) is 33.1 Å². The highest BCUT2D eigenvalue weighted by Crippen LogP contribution is 2.23. The van der Waals surface area contributed by atoms with E-state index in [4.69, 9.17) is 4.74 Å². The highest BCUT2D eigenvalue weighted by molar-refractivity contribution is 5.89. The molecule has 5 nitrogen and oxygen atoms in total. The first-order valence-corrected chi connectivity index (χ1v) is 9.57. The third-order valence-electron chi connectivity index (χ3n) is 4.81. The Kier molecular flexibility index (Phi) is 6.87. The second-order valence-corrected chi connectivity index (χ2v) is 7.03. The molecule has 150 valence electrons. The Bertz CT molecular complexity index is 924. The quantitative estimate of drug-likeness (QED) is 0.611. The largest absolute Gasteiger partial charge is 0.497 e. The Labute approximate surface area is 172 Å². The molecule has 0 heterocycles. The topological polar surface area (TPSA) is 53.6 Å². The van der Waals surface area contributed by atoms with Crippen molar-refractivity contribution in [3.63, 3.8) is 0 Å². The standard InChI is InChI=1S/C24H27N3O2/c1-27(2)23(20-10-7-11-22(16-20)29-3)17-25-24(28)26-21-14-12-19(13-15-21)18-8-5-4-6-9-18/h4-16,23H,17H2,1-3H3,(H2,25,26,28). The first-order chi connectivity index (χ1) is 14.1. The smallest absolute Gasteiger partial charge is 0.319 e. The minimum atomic E-state index is -0.229. The molecule has 0 fully saturated rings. The molecule has 0 radical (unpaired) electrons. The molecule has 0 aliphatic carbocycles. The van der Waals surface area contributed by atoms with E-state index in [2.05, 4.69) is 27.7 Å². The molecule has 29 heavy (non-hydrogen) atoms. The minimum Gasteiger partial charge on any atom is -0.497 e. The van der Waals surface area contributed by atoms with Gasteiger partial charge in [0.25, 0.3) is 0 Å². The third kappa shape index (κ3) is 5.59. The van der Waals surface area contributed by atoms with E-state index in [9.17, 15) is 4.79 Å². The number of carbonyl (C=O) groups excluding carboxylic acids is 1. The number of likely N-dealkylation sites (N-methyl/N-ethyl adjacent to an activating group) is 1. The van der Waals surface area contributed by atoms with Gasteiger partial charge < -0.3 is 20.3 Å². The summed E-state index contributed by atoms with van der Waals surface area (Å²) in [6.45, 7) is 0.480. The van der Waals surface area contributed by atoms with Crippen molar-refractivity contribution in [3.8, 4) is 16.9 Å². The molecule has 0 aromatic heterocycles. The van der Waals surface area contributed by atoms with Crippen LogP contribution in [0.3, 0.4) is 0 Å². The van der Waals surface area contributed by atoms with Crippen LogP contribution in [0.25, 0.3) is 11.1 Å². The number of hydrogen-bond donors (Lipinski definition) is 2. The van der Waals surface area contributed by atoms with Gasteiger partial charge in [-0.1, -0.05) is 54.6 Å². The predicted molar refractivity (Wildman–Crippen MR) is 118 cm³/mol. The molecule has 0 spiro atoms. The van der Waals surface area contributed by atoms with Crippen molar-refractivity contribution >= 4 is 11.7 Å². The molecular weight excluding hydrogens is 362 g/mol. The maximum Gasteiger partial charge on any atom is 0.319 e. The number of anilines is 1. The molecular formula is C24H27N3O2. The van der Waals surface area contributed by atoms with Gasteiger partial charge in [-0.25, -0.2) is 4.79 Å². The number of carbonyl (C=O) groups is 1. The van der Waals surface area contributed by atoms with Crippen LogP contribution in [-0.2, 0) is 0 Å². The van der Waals surface area contributed by atoms with Crippen molar-refractivity contribution in [2.45, 2.75) is 6.04 Å². The van der Waals surface area contributed by atoms with E-state index < -0.39 is 0 Å². The lowest BCUT2D eigenvalue weighted by atomic mass is 10.1. The fourth-order valence-electron chi connectivity index (χ4n) is 3.19. The van der Waals surface area contributed by atoms with Crippen LogP contribution in [0.1, 0.15) is 11.6 Å². The Morgan fingerprint density at radius 2 is 1.62 bits per heavy atom. The van der Waals surface area contributed by atoms with Gasteiger partial charge in [0, 0.05) is 12.2 Å². The molecule has 5 heteroatoms. The molecule has 0 aliphatic heterocycles. The average Bonchev–Trinajstić information content (AvgIpc) is 2.75. The lowest BCUT2D eigenvalue weighted by molar-refractivity contribution is 0.243. The Morgan fingerprint density at radius 3 is 2.28 bits per heavy atom. The molecule has 0 saturated carbocycles. The number of methoxy groups -OCH3 is 1. The fraction of sp³-hybridized carbons (Fsp3) is 0.208. The molecule has 3 aromatic rings. The highest BCUT2D eigenvalue weighted by Gasteiger charge is 2.16. The molecule has 0 aliphatic rings. The van der Waals surface area contributed by atoms with Gasteiger partial charge in [0.05, 0.1) is 13.2 Å². The molecule has 1 unspecified atom stereocenters. The summed E-state index contributed by atoms with van der Waals surface area (Å²) in [7, 11) is 5.64. The van der Waals surface area contributed by atoms with Crippen LogP contribution in [0.15, 0.2) is 78.9 Å². The van der Waals surface area contributed by atoms with Crippen LogP contribution in [0.5, 0.6) is 5.75 Å². The normalized spacial score (nSPS) is 11.7. The van der Waals surface area contributed by atoms with Gasteiger partial charge in [-0.3, -0.25) is 0 Å². The van der Waals surface area contributed by atoms with Crippen LogP contribution in [0, 0.1) is 0 Å². The summed E-state index contributed by atoms with van der Waals surface area (Å²) in [5.74, 6) is 0.803. The fourth-order valence-corrected chi connectivity index (χ4v) is 3.19. The summed E-state index contributed by atoms with van der Waals surface area (Å²) in [6, 6.07) is 25.7. The van der Waals surface area contributed by atoms with E-state index in [1.54, 1.807) is 7.11 Å². The zero-order valence-corrected chi connectivity index (χ0v) is 17.1. The van der Waals surface area contributed by atoms with Crippen molar-refractivity contribution in [1.82, 2.24) is 10.2 Å². The van der Waals surface area contributed by atoms with Crippen molar-refractivity contribution in [1.29, 1.82) is 0 Å². The van der Waals surface area contributed by atoms with Gasteiger partial charge in [-0.2, -0.15) is 0 Å². The van der Waals surface area contributed by atoms with Crippen molar-refractivity contribution in [3.05, 3.63) is 84.4 Å². The monoisotopic (exact) mass is 389 g/mol. The molecule has 3 rings (SSSR count). The zero-order valence-electron chi connectivity index (χ0n) is 17.1. The minimum absolute atomic E-state index is 0.0382. The van der Waals surface area contributed by atoms with Gasteiger partial charge in [0.15, 0.2) is 0 Å². The Balaban J connectivity index is 1.59. The average molecular weight is 389 g/mol. The first kappa shape index (κ1) is 20.4. The summed E-state index contributed by atoms with van der Waals surface area (Å²) >= 11 is 0. The number of hydrogen-bond acceptors (Lipinski definition) is 3. The third-order valence-corrected chi connectivity index (χ3v) is 4.81. The van der Waals surface area contributed by atoms with E-state index in [0.29, 0.717) is 6.54 Å². The van der Waals surface area contributed by atoms with Gasteiger partial charge in [0.1, 0.15) is 5.75 Å². The summed E-state index contributed by atoms with van der Waals surface area (Å²) in [4.78, 5) is 14.5. The maximum absolute atomic E-state index is 12.4. The van der Waals surface area contributed by atoms with Crippen molar-refractivity contribution in [2.24, 2.45) is 0 Å². The first-order valence-electron chi connectivity index (χ1n) is 9.57. The van der Waals surface area contributed by atoms with Crippen LogP contribution in [0.4, 0.5) is 10.5 Å².